The lowest BCUT2D eigenvalue weighted by molar-refractivity contribution is -0.137. The molecule has 2 saturated heterocycles. The molecule has 2 heterocycles. The van der Waals surface area contributed by atoms with Gasteiger partial charge in [-0.2, -0.15) is 18.4 Å². The van der Waals surface area contributed by atoms with Crippen LogP contribution in [-0.4, -0.2) is 82.3 Å². The zero-order valence-electron chi connectivity index (χ0n) is 20.6. The summed E-state index contributed by atoms with van der Waals surface area (Å²) in [6.07, 6.45) is -3.07. The molecule has 0 N–H and O–H groups in total. The van der Waals surface area contributed by atoms with Crippen LogP contribution in [0.1, 0.15) is 44.7 Å². The van der Waals surface area contributed by atoms with Gasteiger partial charge in [0.25, 0.3) is 11.1 Å². The fourth-order valence-corrected chi connectivity index (χ4v) is 5.22. The molecule has 0 radical (unpaired) electrons. The number of rotatable bonds is 7. The SMILES string of the molecule is CCOC(=S)N1CCN(CCCCN2C(=S)N(c3ccc(C#N)c(C(F)(F)F)c3)C(=O)C2(C)C)CC1. The Labute approximate surface area is 220 Å². The van der Waals surface area contributed by atoms with Crippen LogP contribution in [-0.2, 0) is 15.7 Å². The lowest BCUT2D eigenvalue weighted by Crippen LogP contribution is -2.49. The van der Waals surface area contributed by atoms with Crippen molar-refractivity contribution in [3.8, 4) is 6.07 Å². The number of carbonyl (C=O) groups is 1. The first kappa shape index (κ1) is 28.1. The van der Waals surface area contributed by atoms with Crippen LogP contribution in [0.5, 0.6) is 0 Å². The Bertz CT molecular complexity index is 1050. The molecule has 196 valence electrons. The van der Waals surface area contributed by atoms with Crippen LogP contribution < -0.4 is 4.90 Å². The number of ether oxygens (including phenoxy) is 1. The minimum atomic E-state index is -4.72. The van der Waals surface area contributed by atoms with E-state index in [0.717, 1.165) is 62.6 Å². The van der Waals surface area contributed by atoms with Crippen molar-refractivity contribution in [2.24, 2.45) is 0 Å². The molecule has 0 aromatic heterocycles. The number of alkyl halides is 3. The quantitative estimate of drug-likeness (QED) is 0.379. The van der Waals surface area contributed by atoms with Gasteiger partial charge < -0.3 is 14.5 Å². The molecule has 0 bridgehead atoms. The van der Waals surface area contributed by atoms with E-state index in [9.17, 15) is 18.0 Å². The number of benzene rings is 1. The molecule has 0 unspecified atom stereocenters. The van der Waals surface area contributed by atoms with Crippen LogP contribution in [0.25, 0.3) is 0 Å². The van der Waals surface area contributed by atoms with Crippen LogP contribution in [0.3, 0.4) is 0 Å². The number of nitriles is 1. The maximum absolute atomic E-state index is 13.5. The highest BCUT2D eigenvalue weighted by atomic mass is 32.1. The van der Waals surface area contributed by atoms with Crippen LogP contribution >= 0.6 is 24.4 Å². The van der Waals surface area contributed by atoms with E-state index in [1.54, 1.807) is 24.8 Å². The Morgan fingerprint density at radius 3 is 2.39 bits per heavy atom. The van der Waals surface area contributed by atoms with E-state index in [-0.39, 0.29) is 10.8 Å². The summed E-state index contributed by atoms with van der Waals surface area (Å²) in [6, 6.07) is 4.78. The number of thiocarbonyl (C=S) groups is 2. The second-order valence-electron chi connectivity index (χ2n) is 9.21. The van der Waals surface area contributed by atoms with Gasteiger partial charge in [0.15, 0.2) is 5.11 Å². The summed E-state index contributed by atoms with van der Waals surface area (Å²) in [5, 5.41) is 9.77. The highest BCUT2D eigenvalue weighted by Gasteiger charge is 2.49. The maximum Gasteiger partial charge on any atom is 0.417 e. The minimum Gasteiger partial charge on any atom is -0.471 e. The van der Waals surface area contributed by atoms with E-state index in [1.807, 2.05) is 6.92 Å². The highest BCUT2D eigenvalue weighted by molar-refractivity contribution is 7.80. The van der Waals surface area contributed by atoms with Crippen LogP contribution in [0.4, 0.5) is 18.9 Å². The first-order chi connectivity index (χ1) is 16.9. The fourth-order valence-electron chi connectivity index (χ4n) is 4.42. The lowest BCUT2D eigenvalue weighted by atomic mass is 10.0. The number of anilines is 1. The first-order valence-electron chi connectivity index (χ1n) is 11.8. The lowest BCUT2D eigenvalue weighted by Gasteiger charge is -2.35. The van der Waals surface area contributed by atoms with Crippen molar-refractivity contribution in [2.75, 3.05) is 50.8 Å². The molecule has 7 nitrogen and oxygen atoms in total. The summed E-state index contributed by atoms with van der Waals surface area (Å²) in [6.45, 7) is 10.7. The van der Waals surface area contributed by atoms with Crippen molar-refractivity contribution in [3.05, 3.63) is 29.3 Å². The smallest absolute Gasteiger partial charge is 0.417 e. The van der Waals surface area contributed by atoms with Gasteiger partial charge in [0.05, 0.1) is 29.5 Å². The van der Waals surface area contributed by atoms with E-state index < -0.39 is 28.7 Å². The van der Waals surface area contributed by atoms with E-state index in [1.165, 1.54) is 6.07 Å². The van der Waals surface area contributed by atoms with Gasteiger partial charge in [0, 0.05) is 32.7 Å². The normalized spacial score (nSPS) is 18.5. The summed E-state index contributed by atoms with van der Waals surface area (Å²) in [7, 11) is 0. The standard InChI is InChI=1S/C24H30F3N5O2S2/c1-4-34-22(36)30-13-11-29(12-14-30)9-5-6-10-31-21(35)32(20(33)23(31,2)3)18-8-7-17(16-28)19(15-18)24(25,26)27/h7-8,15H,4-6,9-14H2,1-3H3. The average molecular weight is 542 g/mol. The largest absolute Gasteiger partial charge is 0.471 e. The Hall–Kier alpha value is -2.49. The van der Waals surface area contributed by atoms with E-state index in [4.69, 9.17) is 34.4 Å². The first-order valence-corrected chi connectivity index (χ1v) is 12.6. The molecular weight excluding hydrogens is 511 g/mol. The molecular formula is C24H30F3N5O2S2. The van der Waals surface area contributed by atoms with Crippen LogP contribution in [0, 0.1) is 11.3 Å². The molecule has 2 fully saturated rings. The van der Waals surface area contributed by atoms with Gasteiger partial charge in [-0.05, 0) is 82.8 Å². The van der Waals surface area contributed by atoms with Crippen molar-refractivity contribution in [2.45, 2.75) is 45.3 Å². The second kappa shape index (κ2) is 11.3. The number of hydrogen-bond acceptors (Lipinski definition) is 6. The second-order valence-corrected chi connectivity index (χ2v) is 9.92. The zero-order valence-corrected chi connectivity index (χ0v) is 22.2. The van der Waals surface area contributed by atoms with E-state index >= 15 is 0 Å². The fraction of sp³-hybridized carbons (Fsp3) is 0.583. The molecule has 0 aliphatic carbocycles. The molecule has 0 spiro atoms. The Morgan fingerprint density at radius 1 is 1.17 bits per heavy atom. The third-order valence-electron chi connectivity index (χ3n) is 6.52. The summed E-state index contributed by atoms with van der Waals surface area (Å²) >= 11 is 10.8. The van der Waals surface area contributed by atoms with Gasteiger partial charge in [-0.25, -0.2) is 0 Å². The minimum absolute atomic E-state index is 0.00902. The number of unbranched alkanes of at least 4 members (excludes halogenated alkanes) is 1. The van der Waals surface area contributed by atoms with Gasteiger partial charge in [0.2, 0.25) is 0 Å². The monoisotopic (exact) mass is 541 g/mol. The molecule has 1 aromatic rings. The van der Waals surface area contributed by atoms with Crippen molar-refractivity contribution < 1.29 is 22.7 Å². The topological polar surface area (TPSA) is 63.1 Å². The van der Waals surface area contributed by atoms with Gasteiger partial charge in [-0.15, -0.1) is 0 Å². The van der Waals surface area contributed by atoms with Crippen molar-refractivity contribution in [3.63, 3.8) is 0 Å². The molecule has 2 aliphatic heterocycles. The predicted octanol–water partition coefficient (Wildman–Crippen LogP) is 4.01. The molecule has 2 aliphatic rings. The van der Waals surface area contributed by atoms with Crippen molar-refractivity contribution in [1.82, 2.24) is 14.7 Å². The Kier molecular flexibility index (Phi) is 8.80. The number of nitrogens with zero attached hydrogens (tertiary/aromatic N) is 5. The predicted molar refractivity (Wildman–Crippen MR) is 138 cm³/mol. The number of piperazine rings is 1. The summed E-state index contributed by atoms with van der Waals surface area (Å²) in [5.74, 6) is -0.397. The summed E-state index contributed by atoms with van der Waals surface area (Å²) in [4.78, 5) is 20.5. The third kappa shape index (κ3) is 5.90. The molecule has 0 saturated carbocycles. The van der Waals surface area contributed by atoms with Gasteiger partial charge in [0.1, 0.15) is 5.54 Å². The Morgan fingerprint density at radius 2 is 1.81 bits per heavy atom. The maximum atomic E-state index is 13.5. The molecule has 1 amide bonds. The molecule has 12 heteroatoms. The van der Waals surface area contributed by atoms with E-state index in [0.29, 0.717) is 18.3 Å². The molecule has 36 heavy (non-hydrogen) atoms. The zero-order chi connectivity index (χ0) is 26.7. The number of carbonyl (C=O) groups excluding carboxylic acids is 1. The number of halogens is 3. The number of hydrogen-bond donors (Lipinski definition) is 0. The van der Waals surface area contributed by atoms with Gasteiger partial charge in [-0.3, -0.25) is 14.6 Å². The summed E-state index contributed by atoms with van der Waals surface area (Å²) in [5.41, 5.74) is -2.57. The van der Waals surface area contributed by atoms with Crippen LogP contribution in [0.15, 0.2) is 18.2 Å². The van der Waals surface area contributed by atoms with Crippen molar-refractivity contribution >= 4 is 46.3 Å². The van der Waals surface area contributed by atoms with E-state index in [2.05, 4.69) is 9.80 Å². The van der Waals surface area contributed by atoms with Gasteiger partial charge >= 0.3 is 6.18 Å². The highest BCUT2D eigenvalue weighted by Crippen LogP contribution is 2.37. The summed E-state index contributed by atoms with van der Waals surface area (Å²) < 4.78 is 45.8. The van der Waals surface area contributed by atoms with Crippen LogP contribution in [0.2, 0.25) is 0 Å². The van der Waals surface area contributed by atoms with Crippen molar-refractivity contribution in [1.29, 1.82) is 5.26 Å². The van der Waals surface area contributed by atoms with Gasteiger partial charge in [-0.1, -0.05) is 0 Å². The average Bonchev–Trinajstić information content (AvgIpc) is 3.00. The number of amides is 1. The molecule has 0 atom stereocenters. The Balaban J connectivity index is 1.60. The third-order valence-corrected chi connectivity index (χ3v) is 7.29. The molecule has 3 rings (SSSR count). The molecule has 1 aromatic carbocycles.